The molecule has 0 radical (unpaired) electrons. The molecule has 1 N–H and O–H groups in total. The standard InChI is InChI=1S/C14H13FN4O3S/c1-8-13(9-3-5-10(15)6-4-9)14-17-11(23(21,22)16-2)7-12(20)19(14)18-8/h3-6,16H,7H2,1-2H3. The molecule has 0 fully saturated rings. The predicted octanol–water partition coefficient (Wildman–Crippen LogP) is 1.62. The third kappa shape index (κ3) is 2.57. The fourth-order valence-electron chi connectivity index (χ4n) is 2.38. The molecule has 7 nitrogen and oxygen atoms in total. The molecule has 1 aromatic heterocycles. The Kier molecular flexibility index (Phi) is 3.61. The summed E-state index contributed by atoms with van der Waals surface area (Å²) in [6.45, 7) is 1.68. The summed E-state index contributed by atoms with van der Waals surface area (Å²) in [6, 6.07) is 5.61. The van der Waals surface area contributed by atoms with Crippen molar-refractivity contribution in [3.63, 3.8) is 0 Å². The molecule has 0 aliphatic carbocycles. The maximum Gasteiger partial charge on any atom is 0.255 e. The predicted molar refractivity (Wildman–Crippen MR) is 82.7 cm³/mol. The molecule has 0 unspecified atom stereocenters. The van der Waals surface area contributed by atoms with Crippen molar-refractivity contribution in [2.45, 2.75) is 13.3 Å². The second-order valence-electron chi connectivity index (χ2n) is 4.99. The second-order valence-corrected chi connectivity index (χ2v) is 6.87. The maximum atomic E-state index is 13.1. The summed E-state index contributed by atoms with van der Waals surface area (Å²) in [6.07, 6.45) is -0.361. The van der Waals surface area contributed by atoms with Gasteiger partial charge in [0, 0.05) is 5.56 Å². The van der Waals surface area contributed by atoms with Crippen molar-refractivity contribution in [1.82, 2.24) is 14.5 Å². The van der Waals surface area contributed by atoms with Gasteiger partial charge < -0.3 is 0 Å². The molecule has 1 aromatic carbocycles. The van der Waals surface area contributed by atoms with E-state index in [1.54, 1.807) is 6.92 Å². The SMILES string of the molecule is CNS(=O)(=O)C1=Nc2c(-c3ccc(F)cc3)c(C)nn2C(=O)C1. The van der Waals surface area contributed by atoms with Gasteiger partial charge in [0.15, 0.2) is 10.9 Å². The Morgan fingerprint density at radius 2 is 1.91 bits per heavy atom. The smallest absolute Gasteiger partial charge is 0.255 e. The topological polar surface area (TPSA) is 93.4 Å². The Labute approximate surface area is 131 Å². The first-order valence-electron chi connectivity index (χ1n) is 6.73. The van der Waals surface area contributed by atoms with E-state index in [1.165, 1.54) is 31.3 Å². The minimum absolute atomic E-state index is 0.138. The quantitative estimate of drug-likeness (QED) is 0.902. The summed E-state index contributed by atoms with van der Waals surface area (Å²) in [7, 11) is -2.56. The highest BCUT2D eigenvalue weighted by Gasteiger charge is 2.31. The van der Waals surface area contributed by atoms with Crippen molar-refractivity contribution >= 4 is 26.8 Å². The van der Waals surface area contributed by atoms with E-state index in [2.05, 4.69) is 14.8 Å². The number of aromatic nitrogens is 2. The molecular weight excluding hydrogens is 323 g/mol. The second kappa shape index (κ2) is 5.36. The number of aryl methyl sites for hydroxylation is 1. The Bertz CT molecular complexity index is 930. The van der Waals surface area contributed by atoms with Gasteiger partial charge in [-0.3, -0.25) is 4.79 Å². The number of nitrogens with zero attached hydrogens (tertiary/aromatic N) is 3. The van der Waals surface area contributed by atoms with E-state index in [-0.39, 0.29) is 17.3 Å². The number of fused-ring (bicyclic) bond motifs is 1. The molecule has 0 spiro atoms. The summed E-state index contributed by atoms with van der Waals surface area (Å²) >= 11 is 0. The van der Waals surface area contributed by atoms with Crippen LogP contribution in [-0.2, 0) is 10.0 Å². The monoisotopic (exact) mass is 336 g/mol. The molecule has 120 valence electrons. The van der Waals surface area contributed by atoms with Crippen LogP contribution in [0.25, 0.3) is 11.1 Å². The van der Waals surface area contributed by atoms with Crippen LogP contribution < -0.4 is 4.72 Å². The molecule has 3 rings (SSSR count). The van der Waals surface area contributed by atoms with Crippen LogP contribution in [0.3, 0.4) is 0 Å². The highest BCUT2D eigenvalue weighted by atomic mass is 32.2. The lowest BCUT2D eigenvalue weighted by Gasteiger charge is -2.13. The largest absolute Gasteiger partial charge is 0.272 e. The van der Waals surface area contributed by atoms with E-state index >= 15 is 0 Å². The summed E-state index contributed by atoms with van der Waals surface area (Å²) in [5.41, 5.74) is 1.61. The average molecular weight is 336 g/mol. The number of rotatable bonds is 2. The van der Waals surface area contributed by atoms with Crippen LogP contribution in [0.1, 0.15) is 16.9 Å². The number of sulfonamides is 1. The van der Waals surface area contributed by atoms with Crippen molar-refractivity contribution in [1.29, 1.82) is 0 Å². The Balaban J connectivity index is 2.24. The number of halogens is 1. The first-order valence-corrected chi connectivity index (χ1v) is 8.21. The molecule has 0 saturated carbocycles. The third-order valence-electron chi connectivity index (χ3n) is 3.52. The molecule has 2 aromatic rings. The number of nitrogens with one attached hydrogen (secondary N) is 1. The zero-order valence-corrected chi connectivity index (χ0v) is 13.2. The van der Waals surface area contributed by atoms with E-state index in [9.17, 15) is 17.6 Å². The fourth-order valence-corrected chi connectivity index (χ4v) is 3.14. The zero-order valence-electron chi connectivity index (χ0n) is 12.4. The molecule has 0 bridgehead atoms. The summed E-state index contributed by atoms with van der Waals surface area (Å²) in [4.78, 5) is 16.3. The van der Waals surface area contributed by atoms with E-state index in [1.807, 2.05) is 0 Å². The molecule has 9 heteroatoms. The minimum atomic E-state index is -3.82. The molecule has 2 heterocycles. The Hall–Kier alpha value is -2.39. The van der Waals surface area contributed by atoms with Gasteiger partial charge in [0.1, 0.15) is 5.82 Å². The van der Waals surface area contributed by atoms with Gasteiger partial charge >= 0.3 is 0 Å². The van der Waals surface area contributed by atoms with Crippen LogP contribution in [0.5, 0.6) is 0 Å². The van der Waals surface area contributed by atoms with Gasteiger partial charge in [-0.05, 0) is 31.7 Å². The Morgan fingerprint density at radius 1 is 1.26 bits per heavy atom. The lowest BCUT2D eigenvalue weighted by Crippen LogP contribution is -2.33. The van der Waals surface area contributed by atoms with Crippen LogP contribution >= 0.6 is 0 Å². The van der Waals surface area contributed by atoms with Gasteiger partial charge in [0.25, 0.3) is 15.9 Å². The maximum absolute atomic E-state index is 13.1. The van der Waals surface area contributed by atoms with Crippen LogP contribution in [0.15, 0.2) is 29.3 Å². The van der Waals surface area contributed by atoms with E-state index in [0.29, 0.717) is 16.8 Å². The van der Waals surface area contributed by atoms with E-state index < -0.39 is 21.7 Å². The minimum Gasteiger partial charge on any atom is -0.272 e. The average Bonchev–Trinajstić information content (AvgIpc) is 2.85. The normalized spacial score (nSPS) is 14.6. The third-order valence-corrected chi connectivity index (χ3v) is 4.91. The highest BCUT2D eigenvalue weighted by Crippen LogP contribution is 2.36. The number of hydrogen-bond donors (Lipinski definition) is 1. The lowest BCUT2D eigenvalue weighted by molar-refractivity contribution is 0.0906. The van der Waals surface area contributed by atoms with Crippen LogP contribution in [0.2, 0.25) is 0 Å². The van der Waals surface area contributed by atoms with Crippen molar-refractivity contribution in [3.05, 3.63) is 35.8 Å². The fraction of sp³-hybridized carbons (Fsp3) is 0.214. The molecule has 1 aliphatic heterocycles. The van der Waals surface area contributed by atoms with Gasteiger partial charge in [-0.1, -0.05) is 12.1 Å². The van der Waals surface area contributed by atoms with Crippen LogP contribution in [0.4, 0.5) is 10.2 Å². The Morgan fingerprint density at radius 3 is 2.52 bits per heavy atom. The number of benzene rings is 1. The molecule has 0 saturated heterocycles. The summed E-state index contributed by atoms with van der Waals surface area (Å²) in [5.74, 6) is -0.745. The lowest BCUT2D eigenvalue weighted by atomic mass is 10.1. The number of aliphatic imine (C=N–C) groups is 1. The van der Waals surface area contributed by atoms with Gasteiger partial charge in [0.05, 0.1) is 12.1 Å². The van der Waals surface area contributed by atoms with Crippen molar-refractivity contribution < 1.29 is 17.6 Å². The molecule has 0 atom stereocenters. The number of hydrogen-bond acceptors (Lipinski definition) is 5. The number of carbonyl (C=O) groups is 1. The van der Waals surface area contributed by atoms with Crippen molar-refractivity contribution in [3.8, 4) is 11.1 Å². The first kappa shape index (κ1) is 15.5. The van der Waals surface area contributed by atoms with Gasteiger partial charge in [-0.25, -0.2) is 22.5 Å². The van der Waals surface area contributed by atoms with E-state index in [0.717, 1.165) is 4.68 Å². The van der Waals surface area contributed by atoms with Gasteiger partial charge in [0.2, 0.25) is 0 Å². The summed E-state index contributed by atoms with van der Waals surface area (Å²) in [5, 5.41) is 3.86. The van der Waals surface area contributed by atoms with E-state index in [4.69, 9.17) is 0 Å². The molecule has 0 amide bonds. The zero-order chi connectivity index (χ0) is 16.8. The van der Waals surface area contributed by atoms with Gasteiger partial charge in [-0.2, -0.15) is 9.78 Å². The number of carbonyl (C=O) groups excluding carboxylic acids is 1. The van der Waals surface area contributed by atoms with Gasteiger partial charge in [-0.15, -0.1) is 0 Å². The van der Waals surface area contributed by atoms with Crippen molar-refractivity contribution in [2.24, 2.45) is 4.99 Å². The van der Waals surface area contributed by atoms with Crippen molar-refractivity contribution in [2.75, 3.05) is 7.05 Å². The van der Waals surface area contributed by atoms with Crippen LogP contribution in [-0.4, -0.2) is 36.2 Å². The van der Waals surface area contributed by atoms with Crippen LogP contribution in [0, 0.1) is 12.7 Å². The summed E-state index contributed by atoms with van der Waals surface area (Å²) < 4.78 is 40.2. The highest BCUT2D eigenvalue weighted by molar-refractivity contribution is 8.04. The molecule has 23 heavy (non-hydrogen) atoms. The first-order chi connectivity index (χ1) is 10.8. The molecule has 1 aliphatic rings. The molecular formula is C14H13FN4O3S.